The van der Waals surface area contributed by atoms with Crippen molar-refractivity contribution in [3.8, 4) is 0 Å². The molecule has 6 heteroatoms. The maximum absolute atomic E-state index is 12.8. The first-order valence-electron chi connectivity index (χ1n) is 13.3. The van der Waals surface area contributed by atoms with Crippen molar-refractivity contribution < 1.29 is 24.3 Å². The van der Waals surface area contributed by atoms with E-state index < -0.39 is 0 Å². The molecule has 0 saturated heterocycles. The topological polar surface area (TPSA) is 85.2 Å². The highest BCUT2D eigenvalue weighted by Crippen LogP contribution is 2.69. The van der Waals surface area contributed by atoms with Gasteiger partial charge < -0.3 is 14.7 Å². The van der Waals surface area contributed by atoms with Crippen molar-refractivity contribution in [1.82, 2.24) is 0 Å². The normalized spacial score (nSPS) is 42.0. The Morgan fingerprint density at radius 1 is 1.03 bits per heavy atom. The first-order valence-corrected chi connectivity index (χ1v) is 13.3. The summed E-state index contributed by atoms with van der Waals surface area (Å²) in [5, 5.41) is 14.2. The van der Waals surface area contributed by atoms with Gasteiger partial charge in [-0.15, -0.1) is 0 Å². The third kappa shape index (κ3) is 3.88. The monoisotopic (exact) mass is 481 g/mol. The number of carbonyl (C=O) groups excluding carboxylic acids is 2. The minimum atomic E-state index is -0.257. The number of oxime groups is 1. The van der Waals surface area contributed by atoms with Crippen LogP contribution in [0.3, 0.4) is 0 Å². The van der Waals surface area contributed by atoms with Gasteiger partial charge in [0.2, 0.25) is 0 Å². The van der Waals surface area contributed by atoms with E-state index in [-0.39, 0.29) is 52.7 Å². The number of carbonyl (C=O) groups is 2. The maximum atomic E-state index is 12.8. The van der Waals surface area contributed by atoms with Gasteiger partial charge in [-0.3, -0.25) is 4.79 Å². The molecule has 6 nitrogen and oxygen atoms in total. The van der Waals surface area contributed by atoms with Gasteiger partial charge in [0.1, 0.15) is 12.2 Å². The van der Waals surface area contributed by atoms with Crippen LogP contribution < -0.4 is 0 Å². The molecule has 4 fully saturated rings. The fraction of sp³-hybridized carbons (Fsp3) is 0.690. The van der Waals surface area contributed by atoms with Crippen LogP contribution in [0.5, 0.6) is 0 Å². The van der Waals surface area contributed by atoms with Gasteiger partial charge in [0.25, 0.3) is 0 Å². The van der Waals surface area contributed by atoms with Crippen LogP contribution >= 0.6 is 0 Å². The molecular formula is C29H39NO5. The first kappa shape index (κ1) is 24.3. The molecule has 1 unspecified atom stereocenters. The Balaban J connectivity index is 1.37. The van der Waals surface area contributed by atoms with Crippen molar-refractivity contribution in [2.24, 2.45) is 45.6 Å². The Labute approximate surface area is 208 Å². The molecule has 190 valence electrons. The quantitative estimate of drug-likeness (QED) is 0.330. The lowest BCUT2D eigenvalue weighted by Gasteiger charge is -2.50. The van der Waals surface area contributed by atoms with E-state index in [9.17, 15) is 14.8 Å². The summed E-state index contributed by atoms with van der Waals surface area (Å²) in [6.45, 7) is 8.26. The van der Waals surface area contributed by atoms with Gasteiger partial charge in [-0.25, -0.2) is 4.79 Å². The molecule has 0 heterocycles. The average molecular weight is 482 g/mol. The second kappa shape index (κ2) is 8.94. The number of rotatable bonds is 4. The van der Waals surface area contributed by atoms with Crippen molar-refractivity contribution >= 4 is 17.7 Å². The predicted molar refractivity (Wildman–Crippen MR) is 132 cm³/mol. The van der Waals surface area contributed by atoms with Crippen LogP contribution in [-0.4, -0.2) is 35.1 Å². The standard InChI is InChI=1S/C29H39NO5/c1-17(34-27(32)19-8-6-5-7-9-19)21-10-11-22-25-23(13-15-28(21,22)3)29(4)14-12-20(35-18(2)31)16-24(29)26(25)30-33/h5-9,17,20-25,33H,10-16H2,1-4H3/b30-26-/t17-,20+,21-,22+,23+,24?,25+,28-,29-/m1/s1. The minimum absolute atomic E-state index is 0.0344. The highest BCUT2D eigenvalue weighted by molar-refractivity contribution is 5.93. The molecule has 0 amide bonds. The van der Waals surface area contributed by atoms with Gasteiger partial charge in [0.15, 0.2) is 0 Å². The minimum Gasteiger partial charge on any atom is -0.463 e. The van der Waals surface area contributed by atoms with Crippen molar-refractivity contribution in [2.45, 2.75) is 84.8 Å². The van der Waals surface area contributed by atoms with Crippen LogP contribution in [0.1, 0.15) is 83.0 Å². The lowest BCUT2D eigenvalue weighted by molar-refractivity contribution is -0.150. The highest BCUT2D eigenvalue weighted by Gasteiger charge is 2.66. The molecular weight excluding hydrogens is 442 g/mol. The summed E-state index contributed by atoms with van der Waals surface area (Å²) < 4.78 is 11.6. The van der Waals surface area contributed by atoms with Crippen LogP contribution in [0, 0.1) is 40.4 Å². The van der Waals surface area contributed by atoms with Gasteiger partial charge in [-0.1, -0.05) is 37.2 Å². The first-order chi connectivity index (χ1) is 16.7. The molecule has 0 aliphatic heterocycles. The van der Waals surface area contributed by atoms with E-state index in [1.165, 1.54) is 6.92 Å². The second-order valence-electron chi connectivity index (χ2n) is 12.0. The number of ether oxygens (including phenoxy) is 2. The predicted octanol–water partition coefficient (Wildman–Crippen LogP) is 5.87. The van der Waals surface area contributed by atoms with Crippen LogP contribution in [0.15, 0.2) is 35.5 Å². The number of hydrogen-bond donors (Lipinski definition) is 1. The van der Waals surface area contributed by atoms with Crippen molar-refractivity contribution in [3.63, 3.8) is 0 Å². The maximum Gasteiger partial charge on any atom is 0.338 e. The number of nitrogens with zero attached hydrogens (tertiary/aromatic N) is 1. The molecule has 1 aromatic carbocycles. The molecule has 1 aromatic rings. The molecule has 0 spiro atoms. The molecule has 4 aliphatic rings. The molecule has 5 rings (SSSR count). The summed E-state index contributed by atoms with van der Waals surface area (Å²) in [5.74, 6) is 1.07. The summed E-state index contributed by atoms with van der Waals surface area (Å²) in [4.78, 5) is 24.4. The van der Waals surface area contributed by atoms with Crippen molar-refractivity contribution in [3.05, 3.63) is 35.9 Å². The Bertz CT molecular complexity index is 1010. The van der Waals surface area contributed by atoms with Crippen LogP contribution in [-0.2, 0) is 14.3 Å². The zero-order valence-electron chi connectivity index (χ0n) is 21.4. The third-order valence-corrected chi connectivity index (χ3v) is 10.5. The lowest BCUT2D eigenvalue weighted by atomic mass is 9.54. The summed E-state index contributed by atoms with van der Waals surface area (Å²) in [6.07, 6.45) is 6.64. The Kier molecular flexibility index (Phi) is 6.21. The molecule has 4 saturated carbocycles. The van der Waals surface area contributed by atoms with Gasteiger partial charge >= 0.3 is 11.9 Å². The van der Waals surface area contributed by atoms with Crippen molar-refractivity contribution in [2.75, 3.05) is 0 Å². The highest BCUT2D eigenvalue weighted by atomic mass is 16.5. The lowest BCUT2D eigenvalue weighted by Crippen LogP contribution is -2.46. The third-order valence-electron chi connectivity index (χ3n) is 10.5. The number of fused-ring (bicyclic) bond motifs is 5. The fourth-order valence-corrected chi connectivity index (χ4v) is 8.91. The van der Waals surface area contributed by atoms with Crippen LogP contribution in [0.2, 0.25) is 0 Å². The van der Waals surface area contributed by atoms with Crippen LogP contribution in [0.25, 0.3) is 0 Å². The van der Waals surface area contributed by atoms with E-state index in [1.807, 2.05) is 25.1 Å². The Morgan fingerprint density at radius 3 is 2.40 bits per heavy atom. The zero-order valence-corrected chi connectivity index (χ0v) is 21.4. The van der Waals surface area contributed by atoms with E-state index in [0.29, 0.717) is 17.4 Å². The second-order valence-corrected chi connectivity index (χ2v) is 12.0. The molecule has 0 bridgehead atoms. The Hall–Kier alpha value is -2.37. The van der Waals surface area contributed by atoms with E-state index in [4.69, 9.17) is 9.47 Å². The molecule has 9 atom stereocenters. The van der Waals surface area contributed by atoms with Gasteiger partial charge in [-0.2, -0.15) is 0 Å². The fourth-order valence-electron chi connectivity index (χ4n) is 8.91. The van der Waals surface area contributed by atoms with Gasteiger partial charge in [0, 0.05) is 24.7 Å². The molecule has 0 aromatic heterocycles. The number of hydrogen-bond acceptors (Lipinski definition) is 6. The largest absolute Gasteiger partial charge is 0.463 e. The molecule has 35 heavy (non-hydrogen) atoms. The molecule has 1 N–H and O–H groups in total. The van der Waals surface area contributed by atoms with Gasteiger partial charge in [0.05, 0.1) is 11.3 Å². The molecule has 4 aliphatic carbocycles. The van der Waals surface area contributed by atoms with E-state index in [1.54, 1.807) is 12.1 Å². The molecule has 0 radical (unpaired) electrons. The van der Waals surface area contributed by atoms with E-state index >= 15 is 0 Å². The smallest absolute Gasteiger partial charge is 0.338 e. The summed E-state index contributed by atoms with van der Waals surface area (Å²) >= 11 is 0. The summed E-state index contributed by atoms with van der Waals surface area (Å²) in [5.41, 5.74) is 1.63. The Morgan fingerprint density at radius 2 is 1.71 bits per heavy atom. The van der Waals surface area contributed by atoms with Gasteiger partial charge in [-0.05, 0) is 86.7 Å². The van der Waals surface area contributed by atoms with E-state index in [0.717, 1.165) is 50.7 Å². The summed E-state index contributed by atoms with van der Waals surface area (Å²) in [6, 6.07) is 9.21. The SMILES string of the molecule is CC(=O)O[C@H]1CC[C@@]2(C)C(C1)/C(=N/O)[C@H]1[C@@H]3CC[C@H]([C@@H](C)OC(=O)c4ccccc4)[C@@]3(C)CC[C@@H]12. The average Bonchev–Trinajstić information content (AvgIpc) is 3.30. The number of benzene rings is 1. The number of esters is 2. The van der Waals surface area contributed by atoms with Crippen molar-refractivity contribution in [1.29, 1.82) is 0 Å². The summed E-state index contributed by atoms with van der Waals surface area (Å²) in [7, 11) is 0. The van der Waals surface area contributed by atoms with Crippen LogP contribution in [0.4, 0.5) is 0 Å². The zero-order chi connectivity index (χ0) is 25.0. The van der Waals surface area contributed by atoms with E-state index in [2.05, 4.69) is 19.0 Å².